The normalized spacial score (nSPS) is 32.1. The van der Waals surface area contributed by atoms with E-state index in [2.05, 4.69) is 0 Å². The molecule has 60 valence electrons. The molecule has 0 bridgehead atoms. The summed E-state index contributed by atoms with van der Waals surface area (Å²) >= 11 is 0. The van der Waals surface area contributed by atoms with E-state index in [1.165, 1.54) is 0 Å². The van der Waals surface area contributed by atoms with Crippen LogP contribution in [0, 0.1) is 5.92 Å². The summed E-state index contributed by atoms with van der Waals surface area (Å²) in [5.74, 6) is 0.112. The standard InChI is InChI=1S/C7H14O3/c1-7(2)6(3-8)4-9-5-10-7/h6,8H,3-5H2,1-2H3/t6-/m1/s1. The van der Waals surface area contributed by atoms with Gasteiger partial charge in [-0.1, -0.05) is 0 Å². The van der Waals surface area contributed by atoms with E-state index in [-0.39, 0.29) is 18.1 Å². The lowest BCUT2D eigenvalue weighted by Gasteiger charge is -2.37. The van der Waals surface area contributed by atoms with Crippen LogP contribution in [0.15, 0.2) is 0 Å². The second-order valence-electron chi connectivity index (χ2n) is 3.12. The Kier molecular flexibility index (Phi) is 2.28. The van der Waals surface area contributed by atoms with Gasteiger partial charge in [0, 0.05) is 5.92 Å². The summed E-state index contributed by atoms with van der Waals surface area (Å²) in [5.41, 5.74) is -0.229. The van der Waals surface area contributed by atoms with Crippen molar-refractivity contribution in [3.05, 3.63) is 0 Å². The monoisotopic (exact) mass is 146 g/mol. The van der Waals surface area contributed by atoms with Crippen LogP contribution in [0.4, 0.5) is 0 Å². The number of hydrogen-bond donors (Lipinski definition) is 1. The van der Waals surface area contributed by atoms with Crippen LogP contribution in [0.3, 0.4) is 0 Å². The summed E-state index contributed by atoms with van der Waals surface area (Å²) in [7, 11) is 0. The Labute approximate surface area is 60.9 Å². The Morgan fingerprint density at radius 1 is 1.60 bits per heavy atom. The number of ether oxygens (including phenoxy) is 2. The Bertz CT molecular complexity index is 111. The van der Waals surface area contributed by atoms with Crippen molar-refractivity contribution in [2.45, 2.75) is 19.4 Å². The van der Waals surface area contributed by atoms with Crippen LogP contribution in [0.2, 0.25) is 0 Å². The molecule has 1 N–H and O–H groups in total. The third-order valence-electron chi connectivity index (χ3n) is 2.04. The summed E-state index contributed by atoms with van der Waals surface area (Å²) in [6, 6.07) is 0. The number of aliphatic hydroxyl groups is 1. The lowest BCUT2D eigenvalue weighted by Crippen LogP contribution is -2.44. The zero-order valence-corrected chi connectivity index (χ0v) is 6.46. The molecule has 3 heteroatoms. The molecule has 1 heterocycles. The SMILES string of the molecule is CC1(C)OCOC[C@H]1CO. The fourth-order valence-corrected chi connectivity index (χ4v) is 0.975. The fraction of sp³-hybridized carbons (Fsp3) is 1.00. The Morgan fingerprint density at radius 2 is 2.30 bits per heavy atom. The minimum absolute atomic E-state index is 0.112. The molecular formula is C7H14O3. The third-order valence-corrected chi connectivity index (χ3v) is 2.04. The van der Waals surface area contributed by atoms with Crippen molar-refractivity contribution in [3.63, 3.8) is 0 Å². The van der Waals surface area contributed by atoms with Gasteiger partial charge in [-0.15, -0.1) is 0 Å². The van der Waals surface area contributed by atoms with Crippen molar-refractivity contribution in [1.29, 1.82) is 0 Å². The number of rotatable bonds is 1. The maximum atomic E-state index is 8.87. The van der Waals surface area contributed by atoms with Crippen molar-refractivity contribution in [2.24, 2.45) is 5.92 Å². The zero-order chi connectivity index (χ0) is 7.61. The molecule has 1 aliphatic heterocycles. The van der Waals surface area contributed by atoms with Crippen LogP contribution >= 0.6 is 0 Å². The maximum Gasteiger partial charge on any atom is 0.147 e. The molecule has 0 aromatic heterocycles. The molecule has 1 rings (SSSR count). The Balaban J connectivity index is 2.51. The van der Waals surface area contributed by atoms with Crippen molar-refractivity contribution < 1.29 is 14.6 Å². The molecule has 1 atom stereocenters. The fourth-order valence-electron chi connectivity index (χ4n) is 0.975. The van der Waals surface area contributed by atoms with Gasteiger partial charge in [0.2, 0.25) is 0 Å². The second kappa shape index (κ2) is 2.86. The maximum absolute atomic E-state index is 8.87. The highest BCUT2D eigenvalue weighted by Gasteiger charge is 2.33. The molecule has 0 amide bonds. The Morgan fingerprint density at radius 3 is 2.70 bits per heavy atom. The van der Waals surface area contributed by atoms with E-state index in [4.69, 9.17) is 14.6 Å². The van der Waals surface area contributed by atoms with Gasteiger partial charge in [0.25, 0.3) is 0 Å². The molecule has 10 heavy (non-hydrogen) atoms. The predicted molar refractivity (Wildman–Crippen MR) is 36.6 cm³/mol. The highest BCUT2D eigenvalue weighted by atomic mass is 16.7. The topological polar surface area (TPSA) is 38.7 Å². The number of aliphatic hydroxyl groups excluding tert-OH is 1. The molecule has 1 saturated heterocycles. The predicted octanol–water partition coefficient (Wildman–Crippen LogP) is 0.378. The largest absolute Gasteiger partial charge is 0.396 e. The van der Waals surface area contributed by atoms with Crippen molar-refractivity contribution in [2.75, 3.05) is 20.0 Å². The van der Waals surface area contributed by atoms with E-state index in [0.717, 1.165) is 0 Å². The zero-order valence-electron chi connectivity index (χ0n) is 6.46. The minimum atomic E-state index is -0.229. The van der Waals surface area contributed by atoms with Gasteiger partial charge in [-0.3, -0.25) is 0 Å². The van der Waals surface area contributed by atoms with E-state index in [1.807, 2.05) is 13.8 Å². The number of hydrogen-bond acceptors (Lipinski definition) is 3. The van der Waals surface area contributed by atoms with Gasteiger partial charge in [0.15, 0.2) is 0 Å². The molecule has 0 aromatic carbocycles. The summed E-state index contributed by atoms with van der Waals surface area (Å²) in [6.07, 6.45) is 0. The average molecular weight is 146 g/mol. The third kappa shape index (κ3) is 1.48. The first kappa shape index (κ1) is 7.98. The van der Waals surface area contributed by atoms with Gasteiger partial charge in [-0.25, -0.2) is 0 Å². The van der Waals surface area contributed by atoms with Gasteiger partial charge in [0.1, 0.15) is 6.79 Å². The lowest BCUT2D eigenvalue weighted by molar-refractivity contribution is -0.217. The molecule has 0 saturated carbocycles. The van der Waals surface area contributed by atoms with Crippen LogP contribution in [0.5, 0.6) is 0 Å². The summed E-state index contributed by atoms with van der Waals surface area (Å²) in [4.78, 5) is 0. The van der Waals surface area contributed by atoms with E-state index in [1.54, 1.807) is 0 Å². The molecule has 0 aromatic rings. The lowest BCUT2D eigenvalue weighted by atomic mass is 9.92. The molecule has 1 aliphatic rings. The highest BCUT2D eigenvalue weighted by molar-refractivity contribution is 4.80. The average Bonchev–Trinajstić information content (AvgIpc) is 1.87. The quantitative estimate of drug-likeness (QED) is 0.581. The summed E-state index contributed by atoms with van der Waals surface area (Å²) < 4.78 is 10.3. The molecule has 1 fully saturated rings. The molecule has 0 radical (unpaired) electrons. The smallest absolute Gasteiger partial charge is 0.147 e. The van der Waals surface area contributed by atoms with Gasteiger partial charge < -0.3 is 14.6 Å². The Hall–Kier alpha value is -0.120. The minimum Gasteiger partial charge on any atom is -0.396 e. The van der Waals surface area contributed by atoms with E-state index in [0.29, 0.717) is 13.4 Å². The first-order valence-electron chi connectivity index (χ1n) is 3.49. The molecule has 0 spiro atoms. The van der Waals surface area contributed by atoms with Crippen molar-refractivity contribution >= 4 is 0 Å². The van der Waals surface area contributed by atoms with E-state index in [9.17, 15) is 0 Å². The first-order valence-corrected chi connectivity index (χ1v) is 3.49. The second-order valence-corrected chi connectivity index (χ2v) is 3.12. The van der Waals surface area contributed by atoms with Crippen molar-refractivity contribution in [1.82, 2.24) is 0 Å². The van der Waals surface area contributed by atoms with Gasteiger partial charge >= 0.3 is 0 Å². The van der Waals surface area contributed by atoms with Crippen LogP contribution in [-0.4, -0.2) is 30.7 Å². The van der Waals surface area contributed by atoms with E-state index < -0.39 is 0 Å². The van der Waals surface area contributed by atoms with Crippen LogP contribution in [0.25, 0.3) is 0 Å². The molecule has 0 aliphatic carbocycles. The van der Waals surface area contributed by atoms with Gasteiger partial charge in [-0.2, -0.15) is 0 Å². The van der Waals surface area contributed by atoms with Crippen LogP contribution < -0.4 is 0 Å². The first-order chi connectivity index (χ1) is 4.67. The van der Waals surface area contributed by atoms with Crippen molar-refractivity contribution in [3.8, 4) is 0 Å². The summed E-state index contributed by atoms with van der Waals surface area (Å²) in [5, 5.41) is 8.87. The molecule has 0 unspecified atom stereocenters. The molecule has 3 nitrogen and oxygen atoms in total. The van der Waals surface area contributed by atoms with Gasteiger partial charge in [-0.05, 0) is 13.8 Å². The highest BCUT2D eigenvalue weighted by Crippen LogP contribution is 2.24. The van der Waals surface area contributed by atoms with E-state index >= 15 is 0 Å². The molecular weight excluding hydrogens is 132 g/mol. The summed E-state index contributed by atoms with van der Waals surface area (Å²) in [6.45, 7) is 5.02. The van der Waals surface area contributed by atoms with Crippen LogP contribution in [0.1, 0.15) is 13.8 Å². The van der Waals surface area contributed by atoms with Gasteiger partial charge in [0.05, 0.1) is 18.8 Å². The van der Waals surface area contributed by atoms with Crippen LogP contribution in [-0.2, 0) is 9.47 Å².